The summed E-state index contributed by atoms with van der Waals surface area (Å²) in [6.07, 6.45) is 0.516. The molecule has 2 heterocycles. The van der Waals surface area contributed by atoms with E-state index in [4.69, 9.17) is 0 Å². The fourth-order valence-electron chi connectivity index (χ4n) is 3.52. The third kappa shape index (κ3) is 2.70. The largest absolute Gasteiger partial charge is 0.369 e. The predicted octanol–water partition coefficient (Wildman–Crippen LogP) is 2.19. The Morgan fingerprint density at radius 1 is 0.913 bits per heavy atom. The van der Waals surface area contributed by atoms with E-state index in [1.807, 2.05) is 23.1 Å². The first kappa shape index (κ1) is 14.3. The number of nitrogens with zero attached hydrogens (tertiary/aromatic N) is 2. The highest BCUT2D eigenvalue weighted by atomic mass is 16.2. The molecule has 2 aliphatic rings. The van der Waals surface area contributed by atoms with Gasteiger partial charge in [-0.1, -0.05) is 36.4 Å². The Morgan fingerprint density at radius 3 is 2.43 bits per heavy atom. The predicted molar refractivity (Wildman–Crippen MR) is 92.9 cm³/mol. The number of amides is 1. The minimum atomic E-state index is 0.200. The van der Waals surface area contributed by atoms with E-state index in [1.165, 1.54) is 16.8 Å². The van der Waals surface area contributed by atoms with Gasteiger partial charge in [0.2, 0.25) is 5.91 Å². The summed E-state index contributed by atoms with van der Waals surface area (Å²) in [7, 11) is 0. The monoisotopic (exact) mass is 307 g/mol. The molecular weight excluding hydrogens is 286 g/mol. The van der Waals surface area contributed by atoms with Crippen LogP contribution in [0, 0.1) is 0 Å². The molecular formula is C19H21N3O. The van der Waals surface area contributed by atoms with Crippen molar-refractivity contribution in [2.45, 2.75) is 13.0 Å². The lowest BCUT2D eigenvalue weighted by atomic mass is 10.1. The summed E-state index contributed by atoms with van der Waals surface area (Å²) in [6.45, 7) is 4.67. The molecule has 2 aromatic carbocycles. The van der Waals surface area contributed by atoms with Crippen LogP contribution < -0.4 is 15.1 Å². The fourth-order valence-corrected chi connectivity index (χ4v) is 3.52. The Bertz CT molecular complexity index is 708. The maximum absolute atomic E-state index is 12.6. The number of carbonyl (C=O) groups excluding carboxylic acids is 1. The molecule has 0 atom stereocenters. The van der Waals surface area contributed by atoms with Crippen LogP contribution in [-0.2, 0) is 17.8 Å². The van der Waals surface area contributed by atoms with Crippen molar-refractivity contribution in [3.8, 4) is 0 Å². The zero-order valence-electron chi connectivity index (χ0n) is 13.2. The van der Waals surface area contributed by atoms with Gasteiger partial charge < -0.3 is 15.1 Å². The van der Waals surface area contributed by atoms with Crippen LogP contribution in [0.4, 0.5) is 11.4 Å². The molecule has 0 aliphatic carbocycles. The van der Waals surface area contributed by atoms with Gasteiger partial charge in [-0.2, -0.15) is 0 Å². The molecule has 4 nitrogen and oxygen atoms in total. The van der Waals surface area contributed by atoms with Gasteiger partial charge in [0.1, 0.15) is 0 Å². The third-order valence-corrected chi connectivity index (χ3v) is 4.69. The van der Waals surface area contributed by atoms with Crippen LogP contribution >= 0.6 is 0 Å². The van der Waals surface area contributed by atoms with Crippen molar-refractivity contribution in [1.29, 1.82) is 0 Å². The fraction of sp³-hybridized carbons (Fsp3) is 0.316. The lowest BCUT2D eigenvalue weighted by Crippen LogP contribution is -2.43. The quantitative estimate of drug-likeness (QED) is 0.944. The number of fused-ring (bicyclic) bond motifs is 1. The van der Waals surface area contributed by atoms with Gasteiger partial charge >= 0.3 is 0 Å². The van der Waals surface area contributed by atoms with Crippen molar-refractivity contribution < 1.29 is 4.79 Å². The third-order valence-electron chi connectivity index (χ3n) is 4.69. The van der Waals surface area contributed by atoms with Gasteiger partial charge in [0.05, 0.1) is 13.0 Å². The normalized spacial score (nSPS) is 17.5. The second-order valence-electron chi connectivity index (χ2n) is 6.15. The summed E-state index contributed by atoms with van der Waals surface area (Å²) in [5.41, 5.74) is 4.67. The molecule has 0 bridgehead atoms. The first-order valence-corrected chi connectivity index (χ1v) is 8.25. The van der Waals surface area contributed by atoms with Gasteiger partial charge in [0.15, 0.2) is 0 Å². The van der Waals surface area contributed by atoms with Crippen molar-refractivity contribution >= 4 is 17.3 Å². The highest BCUT2D eigenvalue weighted by molar-refractivity contribution is 6.03. The summed E-state index contributed by atoms with van der Waals surface area (Å²) in [6, 6.07) is 16.5. The Morgan fingerprint density at radius 2 is 1.65 bits per heavy atom. The molecule has 2 aromatic rings. The van der Waals surface area contributed by atoms with Crippen LogP contribution in [0.1, 0.15) is 11.1 Å². The number of hydrogen-bond acceptors (Lipinski definition) is 3. The van der Waals surface area contributed by atoms with Gasteiger partial charge in [0, 0.05) is 43.1 Å². The average molecular weight is 307 g/mol. The minimum absolute atomic E-state index is 0.200. The van der Waals surface area contributed by atoms with Crippen LogP contribution in [0.15, 0.2) is 48.5 Å². The molecule has 1 saturated heterocycles. The molecule has 0 unspecified atom stereocenters. The minimum Gasteiger partial charge on any atom is -0.369 e. The van der Waals surface area contributed by atoms with Gasteiger partial charge in [0.25, 0.3) is 0 Å². The van der Waals surface area contributed by atoms with Crippen molar-refractivity contribution in [2.24, 2.45) is 0 Å². The highest BCUT2D eigenvalue weighted by Crippen LogP contribution is 2.37. The Hall–Kier alpha value is -2.33. The summed E-state index contributed by atoms with van der Waals surface area (Å²) in [5.74, 6) is 0.200. The average Bonchev–Trinajstić information content (AvgIpc) is 2.92. The Kier molecular flexibility index (Phi) is 3.75. The highest BCUT2D eigenvalue weighted by Gasteiger charge is 2.30. The molecule has 4 rings (SSSR count). The molecule has 1 N–H and O–H groups in total. The van der Waals surface area contributed by atoms with Crippen LogP contribution in [0.25, 0.3) is 0 Å². The summed E-state index contributed by atoms with van der Waals surface area (Å²) in [4.78, 5) is 16.9. The van der Waals surface area contributed by atoms with Crippen molar-refractivity contribution in [3.63, 3.8) is 0 Å². The first-order valence-electron chi connectivity index (χ1n) is 8.25. The standard InChI is InChI=1S/C19H21N3O/c23-19-13-16-17(21-11-9-20-10-12-21)7-4-8-18(16)22(19)14-15-5-2-1-3-6-15/h1-8,20H,9-14H2. The van der Waals surface area contributed by atoms with Gasteiger partial charge in [-0.3, -0.25) is 4.79 Å². The van der Waals surface area contributed by atoms with E-state index in [-0.39, 0.29) is 5.91 Å². The van der Waals surface area contributed by atoms with Crippen LogP contribution in [-0.4, -0.2) is 32.1 Å². The molecule has 1 amide bonds. The lowest BCUT2D eigenvalue weighted by Gasteiger charge is -2.31. The van der Waals surface area contributed by atoms with Crippen LogP contribution in [0.3, 0.4) is 0 Å². The van der Waals surface area contributed by atoms with Gasteiger partial charge in [-0.15, -0.1) is 0 Å². The van der Waals surface area contributed by atoms with E-state index in [9.17, 15) is 4.79 Å². The number of anilines is 2. The maximum atomic E-state index is 12.6. The number of carbonyl (C=O) groups is 1. The molecule has 0 spiro atoms. The van der Waals surface area contributed by atoms with E-state index in [0.29, 0.717) is 13.0 Å². The summed E-state index contributed by atoms with van der Waals surface area (Å²) < 4.78 is 0. The van der Waals surface area contributed by atoms with E-state index in [2.05, 4.69) is 40.5 Å². The second-order valence-corrected chi connectivity index (χ2v) is 6.15. The van der Waals surface area contributed by atoms with Gasteiger partial charge in [-0.05, 0) is 17.7 Å². The van der Waals surface area contributed by atoms with Crippen LogP contribution in [0.2, 0.25) is 0 Å². The molecule has 4 heteroatoms. The van der Waals surface area contributed by atoms with Crippen LogP contribution in [0.5, 0.6) is 0 Å². The molecule has 0 radical (unpaired) electrons. The molecule has 0 aromatic heterocycles. The first-order chi connectivity index (χ1) is 11.3. The molecule has 118 valence electrons. The summed E-state index contributed by atoms with van der Waals surface area (Å²) >= 11 is 0. The van der Waals surface area contributed by atoms with Crippen molar-refractivity contribution in [3.05, 3.63) is 59.7 Å². The Balaban J connectivity index is 1.65. The van der Waals surface area contributed by atoms with E-state index in [0.717, 1.165) is 31.9 Å². The van der Waals surface area contributed by atoms with Gasteiger partial charge in [-0.25, -0.2) is 0 Å². The zero-order valence-corrected chi connectivity index (χ0v) is 13.2. The summed E-state index contributed by atoms with van der Waals surface area (Å²) in [5, 5.41) is 3.38. The SMILES string of the molecule is O=C1Cc2c(N3CCNCC3)cccc2N1Cc1ccccc1. The zero-order chi connectivity index (χ0) is 15.6. The number of benzene rings is 2. The topological polar surface area (TPSA) is 35.6 Å². The molecule has 2 aliphatic heterocycles. The van der Waals surface area contributed by atoms with E-state index in [1.54, 1.807) is 0 Å². The number of piperazine rings is 1. The molecule has 0 saturated carbocycles. The number of hydrogen-bond donors (Lipinski definition) is 1. The Labute approximate surface area is 136 Å². The number of nitrogens with one attached hydrogen (secondary N) is 1. The number of rotatable bonds is 3. The lowest BCUT2D eigenvalue weighted by molar-refractivity contribution is -0.117. The van der Waals surface area contributed by atoms with E-state index >= 15 is 0 Å². The smallest absolute Gasteiger partial charge is 0.231 e. The van der Waals surface area contributed by atoms with E-state index < -0.39 is 0 Å². The second kappa shape index (κ2) is 6.05. The molecule has 1 fully saturated rings. The molecule has 23 heavy (non-hydrogen) atoms. The maximum Gasteiger partial charge on any atom is 0.231 e. The van der Waals surface area contributed by atoms with Crippen molar-refractivity contribution in [1.82, 2.24) is 5.32 Å². The van der Waals surface area contributed by atoms with Crippen molar-refractivity contribution in [2.75, 3.05) is 36.0 Å².